The van der Waals surface area contributed by atoms with Gasteiger partial charge in [0.15, 0.2) is 11.5 Å². The van der Waals surface area contributed by atoms with E-state index in [0.29, 0.717) is 24.3 Å². The van der Waals surface area contributed by atoms with Crippen LogP contribution < -0.4 is 9.47 Å². The van der Waals surface area contributed by atoms with E-state index < -0.39 is 17.2 Å². The van der Waals surface area contributed by atoms with Crippen molar-refractivity contribution in [2.45, 2.75) is 37.9 Å². The van der Waals surface area contributed by atoms with Crippen molar-refractivity contribution in [3.63, 3.8) is 0 Å². The molecule has 0 amide bonds. The van der Waals surface area contributed by atoms with E-state index in [4.69, 9.17) is 9.47 Å². The molecule has 1 heterocycles. The Hall–Kier alpha value is -1.71. The first-order chi connectivity index (χ1) is 7.93. The Balaban J connectivity index is 1.99. The largest absolute Gasteiger partial charge is 0.481 e. The maximum absolute atomic E-state index is 11.2. The van der Waals surface area contributed by atoms with Crippen LogP contribution in [0.4, 0.5) is 0 Å². The number of hydrogen-bond acceptors (Lipinski definition) is 3. The lowest BCUT2D eigenvalue weighted by Gasteiger charge is -2.16. The van der Waals surface area contributed by atoms with Gasteiger partial charge in [0.25, 0.3) is 0 Å². The molecule has 2 aliphatic rings. The van der Waals surface area contributed by atoms with E-state index in [9.17, 15) is 9.90 Å². The summed E-state index contributed by atoms with van der Waals surface area (Å²) in [6.45, 7) is 3.66. The first kappa shape index (κ1) is 10.4. The summed E-state index contributed by atoms with van der Waals surface area (Å²) in [5.41, 5.74) is 0.121. The monoisotopic (exact) mass is 234 g/mol. The topological polar surface area (TPSA) is 55.8 Å². The number of ether oxygens (including phenoxy) is 2. The smallest absolute Gasteiger partial charge is 0.314 e. The van der Waals surface area contributed by atoms with Crippen LogP contribution in [-0.2, 0) is 10.2 Å². The second-order valence-corrected chi connectivity index (χ2v) is 5.15. The second-order valence-electron chi connectivity index (χ2n) is 5.15. The van der Waals surface area contributed by atoms with Crippen molar-refractivity contribution in [1.29, 1.82) is 0 Å². The second kappa shape index (κ2) is 2.94. The molecule has 0 aromatic heterocycles. The van der Waals surface area contributed by atoms with Crippen LogP contribution in [0.5, 0.6) is 11.5 Å². The van der Waals surface area contributed by atoms with E-state index in [1.165, 1.54) is 0 Å². The lowest BCUT2D eigenvalue weighted by molar-refractivity contribution is -0.140. The summed E-state index contributed by atoms with van der Waals surface area (Å²) in [5, 5.41) is 9.24. The number of hydrogen-bond donors (Lipinski definition) is 1. The van der Waals surface area contributed by atoms with E-state index in [2.05, 4.69) is 0 Å². The van der Waals surface area contributed by atoms with E-state index in [1.54, 1.807) is 12.1 Å². The molecule has 4 nitrogen and oxygen atoms in total. The highest BCUT2D eigenvalue weighted by molar-refractivity contribution is 5.85. The minimum Gasteiger partial charge on any atom is -0.481 e. The van der Waals surface area contributed by atoms with E-state index in [-0.39, 0.29) is 0 Å². The van der Waals surface area contributed by atoms with Crippen molar-refractivity contribution in [3.8, 4) is 11.5 Å². The quantitative estimate of drug-likeness (QED) is 0.853. The van der Waals surface area contributed by atoms with Crippen LogP contribution in [0, 0.1) is 0 Å². The number of carbonyl (C=O) groups is 1. The van der Waals surface area contributed by atoms with Crippen molar-refractivity contribution in [1.82, 2.24) is 0 Å². The molecule has 1 aliphatic carbocycles. The Morgan fingerprint density at radius 3 is 2.47 bits per heavy atom. The van der Waals surface area contributed by atoms with Crippen LogP contribution in [0.1, 0.15) is 32.3 Å². The molecule has 1 aromatic rings. The molecule has 1 aliphatic heterocycles. The van der Waals surface area contributed by atoms with Gasteiger partial charge in [0, 0.05) is 13.8 Å². The predicted octanol–water partition coefficient (Wildman–Crippen LogP) is 2.31. The molecule has 0 spiro atoms. The molecule has 0 atom stereocenters. The fourth-order valence-electron chi connectivity index (χ4n) is 2.27. The van der Waals surface area contributed by atoms with Gasteiger partial charge in [-0.25, -0.2) is 0 Å². The Kier molecular flexibility index (Phi) is 1.81. The van der Waals surface area contributed by atoms with Crippen molar-refractivity contribution in [3.05, 3.63) is 23.8 Å². The molecule has 3 rings (SSSR count). The Morgan fingerprint density at radius 2 is 1.88 bits per heavy atom. The Morgan fingerprint density at radius 1 is 1.24 bits per heavy atom. The fourth-order valence-corrected chi connectivity index (χ4v) is 2.27. The molecule has 0 unspecified atom stereocenters. The minimum atomic E-state index is -0.754. The molecule has 0 radical (unpaired) electrons. The van der Waals surface area contributed by atoms with E-state index >= 15 is 0 Å². The summed E-state index contributed by atoms with van der Waals surface area (Å²) in [7, 11) is 0. The lowest BCUT2D eigenvalue weighted by Crippen LogP contribution is -2.29. The molecule has 1 saturated carbocycles. The summed E-state index contributed by atoms with van der Waals surface area (Å²) < 4.78 is 11.2. The third-order valence-corrected chi connectivity index (χ3v) is 3.37. The average Bonchev–Trinajstić information content (AvgIpc) is 2.95. The Bertz CT molecular complexity index is 500. The summed E-state index contributed by atoms with van der Waals surface area (Å²) in [4.78, 5) is 11.2. The molecule has 0 bridgehead atoms. The minimum absolute atomic E-state index is 0.639. The lowest BCUT2D eigenvalue weighted by atomic mass is 9.96. The van der Waals surface area contributed by atoms with Gasteiger partial charge in [-0.1, -0.05) is 6.07 Å². The first-order valence-electron chi connectivity index (χ1n) is 5.69. The summed E-state index contributed by atoms with van der Waals surface area (Å²) >= 11 is 0. The first-order valence-corrected chi connectivity index (χ1v) is 5.69. The number of aliphatic carboxylic acids is 1. The van der Waals surface area contributed by atoms with Gasteiger partial charge >= 0.3 is 5.97 Å². The van der Waals surface area contributed by atoms with Crippen LogP contribution in [0.2, 0.25) is 0 Å². The molecular weight excluding hydrogens is 220 g/mol. The maximum atomic E-state index is 11.2. The van der Waals surface area contributed by atoms with Crippen LogP contribution in [-0.4, -0.2) is 16.9 Å². The van der Waals surface area contributed by atoms with Gasteiger partial charge in [-0.2, -0.15) is 0 Å². The molecule has 1 N–H and O–H groups in total. The highest BCUT2D eigenvalue weighted by Gasteiger charge is 2.52. The van der Waals surface area contributed by atoms with Crippen molar-refractivity contribution < 1.29 is 19.4 Å². The van der Waals surface area contributed by atoms with Crippen LogP contribution in [0.3, 0.4) is 0 Å². The van der Waals surface area contributed by atoms with Crippen molar-refractivity contribution >= 4 is 5.97 Å². The van der Waals surface area contributed by atoms with Crippen LogP contribution in [0.15, 0.2) is 18.2 Å². The summed E-state index contributed by atoms with van der Waals surface area (Å²) in [6, 6.07) is 5.42. The highest BCUT2D eigenvalue weighted by Crippen LogP contribution is 2.51. The number of carboxylic acid groups (broad SMARTS) is 1. The third-order valence-electron chi connectivity index (χ3n) is 3.37. The zero-order valence-electron chi connectivity index (χ0n) is 9.82. The van der Waals surface area contributed by atoms with Crippen LogP contribution in [0.25, 0.3) is 0 Å². The van der Waals surface area contributed by atoms with Gasteiger partial charge in [0.1, 0.15) is 0 Å². The fraction of sp³-hybridized carbons (Fsp3) is 0.462. The SMILES string of the molecule is CC1(C)Oc2ccc(C3(C(=O)O)CC3)cc2O1. The molecule has 90 valence electrons. The summed E-state index contributed by atoms with van der Waals surface area (Å²) in [5.74, 6) is -0.100. The van der Waals surface area contributed by atoms with Gasteiger partial charge in [-0.15, -0.1) is 0 Å². The number of rotatable bonds is 2. The maximum Gasteiger partial charge on any atom is 0.314 e. The van der Waals surface area contributed by atoms with Crippen molar-refractivity contribution in [2.24, 2.45) is 0 Å². The molecule has 4 heteroatoms. The van der Waals surface area contributed by atoms with E-state index in [0.717, 1.165) is 5.56 Å². The number of benzene rings is 1. The third kappa shape index (κ3) is 1.47. The van der Waals surface area contributed by atoms with Gasteiger partial charge in [0.2, 0.25) is 5.79 Å². The molecule has 1 aromatic carbocycles. The normalized spacial score (nSPS) is 22.2. The number of fused-ring (bicyclic) bond motifs is 1. The van der Waals surface area contributed by atoms with Crippen LogP contribution >= 0.6 is 0 Å². The van der Waals surface area contributed by atoms with Gasteiger partial charge in [0.05, 0.1) is 5.41 Å². The Labute approximate surface area is 99.2 Å². The molecule has 1 fully saturated rings. The van der Waals surface area contributed by atoms with Gasteiger partial charge in [-0.05, 0) is 30.5 Å². The van der Waals surface area contributed by atoms with E-state index in [1.807, 2.05) is 19.9 Å². The predicted molar refractivity (Wildman–Crippen MR) is 60.3 cm³/mol. The highest BCUT2D eigenvalue weighted by atomic mass is 16.7. The zero-order chi connectivity index (χ0) is 12.3. The van der Waals surface area contributed by atoms with Gasteiger partial charge in [-0.3, -0.25) is 4.79 Å². The average molecular weight is 234 g/mol. The number of carboxylic acids is 1. The standard InChI is InChI=1S/C13H14O4/c1-12(2)16-9-4-3-8(7-10(9)17-12)13(5-6-13)11(14)15/h3-4,7H,5-6H2,1-2H3,(H,14,15). The zero-order valence-corrected chi connectivity index (χ0v) is 9.82. The van der Waals surface area contributed by atoms with Gasteiger partial charge < -0.3 is 14.6 Å². The summed E-state index contributed by atoms with van der Waals surface area (Å²) in [6.07, 6.45) is 1.40. The molecule has 17 heavy (non-hydrogen) atoms. The molecule has 0 saturated heterocycles. The molecular formula is C13H14O4. The van der Waals surface area contributed by atoms with Crippen molar-refractivity contribution in [2.75, 3.05) is 0 Å².